The molecule has 3 nitrogen and oxygen atoms in total. The van der Waals surface area contributed by atoms with Crippen molar-refractivity contribution in [3.8, 4) is 0 Å². The van der Waals surface area contributed by atoms with Gasteiger partial charge < -0.3 is 0 Å². The van der Waals surface area contributed by atoms with Crippen LogP contribution in [0.4, 0.5) is 0 Å². The van der Waals surface area contributed by atoms with Crippen LogP contribution < -0.4 is 5.56 Å². The van der Waals surface area contributed by atoms with Crippen molar-refractivity contribution in [1.82, 2.24) is 9.55 Å². The summed E-state index contributed by atoms with van der Waals surface area (Å²) < 4.78 is 1.98. The van der Waals surface area contributed by atoms with Gasteiger partial charge in [-0.15, -0.1) is 0 Å². The predicted molar refractivity (Wildman–Crippen MR) is 109 cm³/mol. The van der Waals surface area contributed by atoms with Gasteiger partial charge in [0.2, 0.25) is 0 Å². The molecule has 1 aromatic heterocycles. The normalized spacial score (nSPS) is 15.0. The van der Waals surface area contributed by atoms with Crippen LogP contribution in [0.1, 0.15) is 48.4 Å². The topological polar surface area (TPSA) is 34.9 Å². The molecule has 1 fully saturated rings. The Morgan fingerprint density at radius 3 is 2.69 bits per heavy atom. The van der Waals surface area contributed by atoms with E-state index in [9.17, 15) is 4.79 Å². The zero-order valence-corrected chi connectivity index (χ0v) is 16.2. The van der Waals surface area contributed by atoms with E-state index in [0.717, 1.165) is 34.7 Å². The summed E-state index contributed by atoms with van der Waals surface area (Å²) in [4.78, 5) is 18.1. The molecule has 0 saturated heterocycles. The van der Waals surface area contributed by atoms with Crippen LogP contribution in [0.3, 0.4) is 0 Å². The van der Waals surface area contributed by atoms with Gasteiger partial charge in [-0.05, 0) is 49.9 Å². The van der Waals surface area contributed by atoms with Crippen molar-refractivity contribution in [2.75, 3.05) is 0 Å². The van der Waals surface area contributed by atoms with E-state index in [1.165, 1.54) is 29.5 Å². The Morgan fingerprint density at radius 2 is 1.88 bits per heavy atom. The van der Waals surface area contributed by atoms with E-state index in [0.29, 0.717) is 6.04 Å². The summed E-state index contributed by atoms with van der Waals surface area (Å²) >= 11 is 1.69. The van der Waals surface area contributed by atoms with Crippen LogP contribution in [-0.2, 0) is 5.75 Å². The molecule has 2 aromatic carbocycles. The van der Waals surface area contributed by atoms with Crippen LogP contribution in [0, 0.1) is 13.8 Å². The van der Waals surface area contributed by atoms with Gasteiger partial charge in [0.1, 0.15) is 0 Å². The smallest absolute Gasteiger partial charge is 0.262 e. The third kappa shape index (κ3) is 3.30. The molecule has 1 heterocycles. The molecule has 26 heavy (non-hydrogen) atoms. The quantitative estimate of drug-likeness (QED) is 0.458. The molecule has 0 amide bonds. The molecule has 4 heteroatoms. The molecule has 0 bridgehead atoms. The lowest BCUT2D eigenvalue weighted by Crippen LogP contribution is -2.26. The van der Waals surface area contributed by atoms with Gasteiger partial charge in [0.15, 0.2) is 5.16 Å². The molecular weight excluding hydrogens is 340 g/mol. The van der Waals surface area contributed by atoms with Gasteiger partial charge in [0.05, 0.1) is 10.9 Å². The standard InChI is InChI=1S/C22H24N2OS/c1-15-11-12-16(2)17(13-15)14-26-22-23-20-10-6-5-9-19(20)21(25)24(22)18-7-3-4-8-18/h5-6,9-13,18H,3-4,7-8,14H2,1-2H3. The first kappa shape index (κ1) is 17.3. The summed E-state index contributed by atoms with van der Waals surface area (Å²) in [5, 5.41) is 1.59. The Kier molecular flexibility index (Phi) is 4.86. The highest BCUT2D eigenvalue weighted by molar-refractivity contribution is 7.98. The molecule has 3 aromatic rings. The van der Waals surface area contributed by atoms with E-state index in [2.05, 4.69) is 32.0 Å². The van der Waals surface area contributed by atoms with Crippen molar-refractivity contribution < 1.29 is 0 Å². The predicted octanol–water partition coefficient (Wildman–Crippen LogP) is 5.42. The fourth-order valence-corrected chi connectivity index (χ4v) is 4.94. The number of aryl methyl sites for hydroxylation is 2. The van der Waals surface area contributed by atoms with E-state index < -0.39 is 0 Å². The number of para-hydroxylation sites is 1. The zero-order valence-electron chi connectivity index (χ0n) is 15.4. The van der Waals surface area contributed by atoms with Gasteiger partial charge in [-0.3, -0.25) is 9.36 Å². The first-order valence-corrected chi connectivity index (χ1v) is 10.3. The molecule has 0 N–H and O–H groups in total. The maximum absolute atomic E-state index is 13.2. The molecule has 0 unspecified atom stereocenters. The van der Waals surface area contributed by atoms with Gasteiger partial charge in [0, 0.05) is 11.8 Å². The summed E-state index contributed by atoms with van der Waals surface area (Å²) in [6.07, 6.45) is 4.56. The monoisotopic (exact) mass is 364 g/mol. The third-order valence-corrected chi connectivity index (χ3v) is 6.33. The highest BCUT2D eigenvalue weighted by Crippen LogP contribution is 2.33. The van der Waals surface area contributed by atoms with E-state index in [1.807, 2.05) is 28.8 Å². The largest absolute Gasteiger partial charge is 0.284 e. The van der Waals surface area contributed by atoms with Crippen LogP contribution in [-0.4, -0.2) is 9.55 Å². The Morgan fingerprint density at radius 1 is 1.12 bits per heavy atom. The first-order chi connectivity index (χ1) is 12.6. The number of nitrogens with zero attached hydrogens (tertiary/aromatic N) is 2. The number of rotatable bonds is 4. The summed E-state index contributed by atoms with van der Waals surface area (Å²) in [5.41, 5.74) is 4.79. The van der Waals surface area contributed by atoms with Gasteiger partial charge >= 0.3 is 0 Å². The molecule has 0 radical (unpaired) electrons. The molecule has 1 saturated carbocycles. The fourth-order valence-electron chi connectivity index (χ4n) is 3.81. The number of fused-ring (bicyclic) bond motifs is 1. The summed E-state index contributed by atoms with van der Waals surface area (Å²) in [6, 6.07) is 14.6. The molecule has 1 aliphatic rings. The molecule has 134 valence electrons. The van der Waals surface area contributed by atoms with Crippen molar-refractivity contribution in [2.45, 2.75) is 56.5 Å². The van der Waals surface area contributed by atoms with Crippen LogP contribution in [0.25, 0.3) is 10.9 Å². The average Bonchev–Trinajstić information content (AvgIpc) is 3.17. The van der Waals surface area contributed by atoms with Gasteiger partial charge in [-0.2, -0.15) is 0 Å². The lowest BCUT2D eigenvalue weighted by atomic mass is 10.1. The maximum atomic E-state index is 13.2. The highest BCUT2D eigenvalue weighted by atomic mass is 32.2. The van der Waals surface area contributed by atoms with Crippen LogP contribution in [0.5, 0.6) is 0 Å². The Hall–Kier alpha value is -2.07. The van der Waals surface area contributed by atoms with Crippen LogP contribution in [0.2, 0.25) is 0 Å². The molecule has 0 atom stereocenters. The lowest BCUT2D eigenvalue weighted by molar-refractivity contribution is 0.457. The number of benzene rings is 2. The fraction of sp³-hybridized carbons (Fsp3) is 0.364. The lowest BCUT2D eigenvalue weighted by Gasteiger charge is -2.19. The molecule has 1 aliphatic carbocycles. The minimum Gasteiger partial charge on any atom is -0.284 e. The minimum absolute atomic E-state index is 0.117. The number of hydrogen-bond donors (Lipinski definition) is 0. The second-order valence-corrected chi connectivity index (χ2v) is 8.19. The second-order valence-electron chi connectivity index (χ2n) is 7.24. The van der Waals surface area contributed by atoms with E-state index in [1.54, 1.807) is 11.8 Å². The van der Waals surface area contributed by atoms with Crippen molar-refractivity contribution in [2.24, 2.45) is 0 Å². The number of aromatic nitrogens is 2. The Balaban J connectivity index is 1.76. The van der Waals surface area contributed by atoms with Crippen LogP contribution >= 0.6 is 11.8 Å². The van der Waals surface area contributed by atoms with E-state index in [-0.39, 0.29) is 5.56 Å². The van der Waals surface area contributed by atoms with Gasteiger partial charge in [-0.1, -0.05) is 60.5 Å². The SMILES string of the molecule is Cc1ccc(C)c(CSc2nc3ccccc3c(=O)n2C2CCCC2)c1. The molecular formula is C22H24N2OS. The summed E-state index contributed by atoms with van der Waals surface area (Å²) in [6.45, 7) is 4.27. The average molecular weight is 365 g/mol. The minimum atomic E-state index is 0.117. The van der Waals surface area contributed by atoms with Gasteiger partial charge in [-0.25, -0.2) is 4.98 Å². The van der Waals surface area contributed by atoms with E-state index in [4.69, 9.17) is 4.98 Å². The molecule has 4 rings (SSSR count). The highest BCUT2D eigenvalue weighted by Gasteiger charge is 2.23. The molecule has 0 spiro atoms. The maximum Gasteiger partial charge on any atom is 0.262 e. The van der Waals surface area contributed by atoms with Crippen molar-refractivity contribution in [1.29, 1.82) is 0 Å². The van der Waals surface area contributed by atoms with E-state index >= 15 is 0 Å². The summed E-state index contributed by atoms with van der Waals surface area (Å²) in [7, 11) is 0. The van der Waals surface area contributed by atoms with Crippen molar-refractivity contribution >= 4 is 22.7 Å². The van der Waals surface area contributed by atoms with Gasteiger partial charge in [0.25, 0.3) is 5.56 Å². The number of thioether (sulfide) groups is 1. The van der Waals surface area contributed by atoms with Crippen LogP contribution in [0.15, 0.2) is 52.4 Å². The van der Waals surface area contributed by atoms with Crippen molar-refractivity contribution in [3.05, 3.63) is 69.5 Å². The zero-order chi connectivity index (χ0) is 18.1. The second kappa shape index (κ2) is 7.28. The third-order valence-electron chi connectivity index (χ3n) is 5.33. The summed E-state index contributed by atoms with van der Waals surface area (Å²) in [5.74, 6) is 0.838. The Bertz CT molecular complexity index is 1000. The molecule has 0 aliphatic heterocycles. The van der Waals surface area contributed by atoms with Crippen molar-refractivity contribution in [3.63, 3.8) is 0 Å². The first-order valence-electron chi connectivity index (χ1n) is 9.33. The number of hydrogen-bond acceptors (Lipinski definition) is 3. The Labute approximate surface area is 158 Å².